The number of allylic oxidation sites excluding steroid dienone is 6. The number of aliphatic carboxylic acids is 1. The van der Waals surface area contributed by atoms with E-state index < -0.39 is 51.1 Å². The summed E-state index contributed by atoms with van der Waals surface area (Å²) < 4.78 is 32.7. The maximum Gasteiger partial charge on any atom is 0.472 e. The van der Waals surface area contributed by atoms with Crippen molar-refractivity contribution in [2.75, 3.05) is 19.8 Å². The predicted molar refractivity (Wildman–Crippen MR) is 222 cm³/mol. The molecule has 12 heteroatoms. The molecule has 0 aromatic carbocycles. The maximum atomic E-state index is 12.6. The molecule has 0 aliphatic carbocycles. The van der Waals surface area contributed by atoms with Crippen LogP contribution >= 0.6 is 7.82 Å². The van der Waals surface area contributed by atoms with E-state index in [-0.39, 0.29) is 19.4 Å². The molecule has 0 aromatic heterocycles. The Balaban J connectivity index is 4.38. The minimum Gasteiger partial charge on any atom is -0.480 e. The number of rotatable bonds is 40. The highest BCUT2D eigenvalue weighted by Gasteiger charge is 2.28. The lowest BCUT2D eigenvalue weighted by Crippen LogP contribution is -2.34. The van der Waals surface area contributed by atoms with Crippen molar-refractivity contribution >= 4 is 25.7 Å². The third-order valence-electron chi connectivity index (χ3n) is 9.11. The van der Waals surface area contributed by atoms with Gasteiger partial charge in [-0.25, -0.2) is 4.57 Å². The zero-order valence-electron chi connectivity index (χ0n) is 34.5. The Morgan fingerprint density at radius 3 is 1.47 bits per heavy atom. The lowest BCUT2D eigenvalue weighted by Gasteiger charge is -2.20. The van der Waals surface area contributed by atoms with Crippen LogP contribution in [0, 0.1) is 0 Å². The second-order valence-corrected chi connectivity index (χ2v) is 15.9. The van der Waals surface area contributed by atoms with Crippen LogP contribution in [0.25, 0.3) is 0 Å². The number of esters is 2. The number of nitrogens with two attached hydrogens (primary N) is 1. The Bertz CT molecular complexity index is 1080. The third-order valence-corrected chi connectivity index (χ3v) is 10.1. The van der Waals surface area contributed by atoms with Crippen molar-refractivity contribution in [2.24, 2.45) is 5.73 Å². The fourth-order valence-corrected chi connectivity index (χ4v) is 6.46. The molecule has 320 valence electrons. The molecule has 0 aromatic rings. The van der Waals surface area contributed by atoms with Crippen LogP contribution in [0.1, 0.15) is 187 Å². The average molecular weight is 800 g/mol. The molecule has 0 aliphatic heterocycles. The summed E-state index contributed by atoms with van der Waals surface area (Å²) in [6.45, 7) is 2.75. The van der Waals surface area contributed by atoms with E-state index in [1.807, 2.05) is 0 Å². The molecule has 0 bridgehead atoms. The van der Waals surface area contributed by atoms with Crippen molar-refractivity contribution in [3.05, 3.63) is 36.5 Å². The fraction of sp³-hybridized carbons (Fsp3) is 0.791. The molecule has 4 N–H and O–H groups in total. The van der Waals surface area contributed by atoms with E-state index in [0.717, 1.165) is 70.6 Å². The topological polar surface area (TPSA) is 172 Å². The number of hydrogen-bond donors (Lipinski definition) is 3. The van der Waals surface area contributed by atoms with E-state index in [9.17, 15) is 23.8 Å². The normalized spacial score (nSPS) is 14.1. The fourth-order valence-electron chi connectivity index (χ4n) is 5.68. The zero-order chi connectivity index (χ0) is 40.7. The molecular weight excluding hydrogens is 721 g/mol. The summed E-state index contributed by atoms with van der Waals surface area (Å²) >= 11 is 0. The van der Waals surface area contributed by atoms with Gasteiger partial charge in [0.2, 0.25) is 0 Å². The molecule has 0 spiro atoms. The maximum absolute atomic E-state index is 12.6. The molecule has 0 saturated carbocycles. The highest BCUT2D eigenvalue weighted by molar-refractivity contribution is 7.47. The SMILES string of the molecule is CCCCC/C=C/C/C=C/CCCCCCCCCC(=O)OC[C@H](COP(=O)(O)OC[C@H](N)C(=O)O)OC(=O)CCCCCCC/C=C/CCCCCCC. The van der Waals surface area contributed by atoms with Gasteiger partial charge in [-0.2, -0.15) is 0 Å². The number of phosphoric ester groups is 1. The van der Waals surface area contributed by atoms with Crippen LogP contribution in [-0.2, 0) is 37.5 Å². The molecule has 1 unspecified atom stereocenters. The van der Waals surface area contributed by atoms with E-state index in [0.29, 0.717) is 12.8 Å². The standard InChI is InChI=1S/C43H78NO10P/c1-3-5-7-9-11-13-15-17-19-20-21-23-24-26-28-30-32-34-41(45)51-36-39(37-52-55(49,50)53-38-40(44)43(47)48)54-42(46)35-33-31-29-27-25-22-18-16-14-12-10-8-6-4-2/h11,13,16-19,39-40H,3-10,12,14-15,20-38,44H2,1-2H3,(H,47,48)(H,49,50)/b13-11+,18-16+,19-17+/t39-,40+/m1/s1. The third kappa shape index (κ3) is 38.4. The van der Waals surface area contributed by atoms with Gasteiger partial charge in [0.1, 0.15) is 12.6 Å². The largest absolute Gasteiger partial charge is 0.480 e. The van der Waals surface area contributed by atoms with Crippen molar-refractivity contribution in [3.63, 3.8) is 0 Å². The van der Waals surface area contributed by atoms with E-state index in [4.69, 9.17) is 24.8 Å². The summed E-state index contributed by atoms with van der Waals surface area (Å²) in [6, 6.07) is -1.52. The first-order valence-corrected chi connectivity index (χ1v) is 23.0. The van der Waals surface area contributed by atoms with Gasteiger partial charge in [-0.15, -0.1) is 0 Å². The zero-order valence-corrected chi connectivity index (χ0v) is 35.4. The summed E-state index contributed by atoms with van der Waals surface area (Å²) in [7, 11) is -4.72. The molecule has 0 aliphatic rings. The van der Waals surface area contributed by atoms with E-state index in [1.165, 1.54) is 77.0 Å². The second kappa shape index (κ2) is 38.6. The molecule has 0 heterocycles. The first-order valence-electron chi connectivity index (χ1n) is 21.5. The Hall–Kier alpha value is -2.30. The van der Waals surface area contributed by atoms with Crippen LogP contribution in [-0.4, -0.2) is 59.9 Å². The summed E-state index contributed by atoms with van der Waals surface area (Å²) in [5.74, 6) is -2.40. The number of hydrogen-bond acceptors (Lipinski definition) is 9. The van der Waals surface area contributed by atoms with Crippen LogP contribution in [0.2, 0.25) is 0 Å². The highest BCUT2D eigenvalue weighted by Crippen LogP contribution is 2.43. The van der Waals surface area contributed by atoms with Crippen LogP contribution in [0.15, 0.2) is 36.5 Å². The van der Waals surface area contributed by atoms with E-state index in [1.54, 1.807) is 0 Å². The second-order valence-electron chi connectivity index (χ2n) is 14.5. The van der Waals surface area contributed by atoms with Gasteiger partial charge in [0.05, 0.1) is 13.2 Å². The van der Waals surface area contributed by atoms with Gasteiger partial charge < -0.3 is 25.2 Å². The Labute approximate surface area is 333 Å². The minimum absolute atomic E-state index is 0.149. The average Bonchev–Trinajstić information content (AvgIpc) is 3.16. The minimum atomic E-state index is -4.72. The van der Waals surface area contributed by atoms with Gasteiger partial charge in [0, 0.05) is 12.8 Å². The first kappa shape index (κ1) is 52.7. The van der Waals surface area contributed by atoms with Crippen molar-refractivity contribution in [1.29, 1.82) is 0 Å². The molecule has 0 saturated heterocycles. The number of carbonyl (C=O) groups excluding carboxylic acids is 2. The van der Waals surface area contributed by atoms with Crippen LogP contribution in [0.3, 0.4) is 0 Å². The number of carboxylic acids is 1. The van der Waals surface area contributed by atoms with Gasteiger partial charge in [0.25, 0.3) is 0 Å². The number of carbonyl (C=O) groups is 3. The summed E-state index contributed by atoms with van der Waals surface area (Å²) in [5, 5.41) is 8.88. The summed E-state index contributed by atoms with van der Waals surface area (Å²) in [6.07, 6.45) is 40.6. The molecular formula is C43H78NO10P. The van der Waals surface area contributed by atoms with Gasteiger partial charge in [-0.05, 0) is 70.6 Å². The molecule has 11 nitrogen and oxygen atoms in total. The van der Waals surface area contributed by atoms with Crippen molar-refractivity contribution in [3.8, 4) is 0 Å². The monoisotopic (exact) mass is 800 g/mol. The Morgan fingerprint density at radius 2 is 0.964 bits per heavy atom. The lowest BCUT2D eigenvalue weighted by atomic mass is 10.1. The smallest absolute Gasteiger partial charge is 0.472 e. The van der Waals surface area contributed by atoms with E-state index in [2.05, 4.69) is 54.8 Å². The molecule has 55 heavy (non-hydrogen) atoms. The molecule has 0 amide bonds. The van der Waals surface area contributed by atoms with Crippen LogP contribution in [0.4, 0.5) is 0 Å². The molecule has 0 radical (unpaired) electrons. The number of ether oxygens (including phenoxy) is 2. The predicted octanol–water partition coefficient (Wildman–Crippen LogP) is 11.2. The Morgan fingerprint density at radius 1 is 0.564 bits per heavy atom. The summed E-state index contributed by atoms with van der Waals surface area (Å²) in [4.78, 5) is 45.9. The highest BCUT2D eigenvalue weighted by atomic mass is 31.2. The van der Waals surface area contributed by atoms with Crippen molar-refractivity contribution < 1.29 is 47.5 Å². The quantitative estimate of drug-likeness (QED) is 0.0233. The summed E-state index contributed by atoms with van der Waals surface area (Å²) in [5.41, 5.74) is 5.33. The molecule has 3 atom stereocenters. The first-order chi connectivity index (χ1) is 26.6. The lowest BCUT2D eigenvalue weighted by molar-refractivity contribution is -0.161. The van der Waals surface area contributed by atoms with Crippen LogP contribution < -0.4 is 5.73 Å². The molecule has 0 fully saturated rings. The number of unbranched alkanes of at least 4 members (excludes halogenated alkanes) is 20. The van der Waals surface area contributed by atoms with Crippen LogP contribution in [0.5, 0.6) is 0 Å². The number of carboxylic acid groups (broad SMARTS) is 1. The van der Waals surface area contributed by atoms with Gasteiger partial charge in [-0.1, -0.05) is 140 Å². The van der Waals surface area contributed by atoms with Crippen molar-refractivity contribution in [2.45, 2.75) is 199 Å². The van der Waals surface area contributed by atoms with Crippen molar-refractivity contribution in [1.82, 2.24) is 0 Å². The van der Waals surface area contributed by atoms with Gasteiger partial charge in [0.15, 0.2) is 6.10 Å². The van der Waals surface area contributed by atoms with Gasteiger partial charge >= 0.3 is 25.7 Å². The molecule has 0 rings (SSSR count). The van der Waals surface area contributed by atoms with Gasteiger partial charge in [-0.3, -0.25) is 23.4 Å². The Kier molecular flexibility index (Phi) is 37.0. The number of phosphoric acid groups is 1. The van der Waals surface area contributed by atoms with E-state index >= 15 is 0 Å².